The second kappa shape index (κ2) is 18.0. The van der Waals surface area contributed by atoms with E-state index in [-0.39, 0.29) is 12.5 Å². The van der Waals surface area contributed by atoms with E-state index in [1.54, 1.807) is 0 Å². The van der Waals surface area contributed by atoms with Gasteiger partial charge < -0.3 is 5.11 Å². The van der Waals surface area contributed by atoms with E-state index in [0.717, 1.165) is 50.5 Å². The largest absolute Gasteiger partial charge is 0.396 e. The molecule has 176 valence electrons. The molecule has 31 heavy (non-hydrogen) atoms. The van der Waals surface area contributed by atoms with Crippen LogP contribution in [-0.4, -0.2) is 11.7 Å². The van der Waals surface area contributed by atoms with Crippen LogP contribution in [0.4, 0.5) is 0 Å². The first-order valence-corrected chi connectivity index (χ1v) is 12.2. The Morgan fingerprint density at radius 1 is 0.613 bits per heavy atom. The summed E-state index contributed by atoms with van der Waals surface area (Å²) < 4.78 is 0. The number of allylic oxidation sites excluding steroid dienone is 10. The Balaban J connectivity index is 4.17. The molecule has 0 saturated carbocycles. The number of aliphatic hydroxyl groups excluding tert-OH is 1. The molecule has 0 aromatic carbocycles. The molecule has 0 amide bonds. The summed E-state index contributed by atoms with van der Waals surface area (Å²) >= 11 is 0. The van der Waals surface area contributed by atoms with Crippen LogP contribution >= 0.6 is 0 Å². The lowest BCUT2D eigenvalue weighted by Gasteiger charge is -2.11. The molecule has 0 aliphatic carbocycles. The van der Waals surface area contributed by atoms with Gasteiger partial charge in [0.15, 0.2) is 0 Å². The number of hydrogen-bond acceptors (Lipinski definition) is 1. The van der Waals surface area contributed by atoms with Gasteiger partial charge in [0.1, 0.15) is 0 Å². The molecule has 1 N–H and O–H groups in total. The van der Waals surface area contributed by atoms with E-state index in [4.69, 9.17) is 0 Å². The standard InChI is InChI=1S/C30H50O/c1-24(2)13-9-14-26(5)15-10-16-27(6)17-11-18-28(7)19-12-20-29(8)21-22-30(23-31)25(3)4/h13,15,17,19,21,30-31H,3,9-12,14,16,18,20,22-23H2,1-2,4-8H3/b26-15+,27-17-,28-19-,29-21+/t30-/m1/s1. The predicted molar refractivity (Wildman–Crippen MR) is 141 cm³/mol. The van der Waals surface area contributed by atoms with Gasteiger partial charge in [-0.1, -0.05) is 70.4 Å². The van der Waals surface area contributed by atoms with E-state index in [1.807, 2.05) is 6.92 Å². The van der Waals surface area contributed by atoms with Crippen molar-refractivity contribution in [3.63, 3.8) is 0 Å². The molecule has 0 unspecified atom stereocenters. The molecule has 0 aliphatic rings. The minimum absolute atomic E-state index is 0.192. The highest BCUT2D eigenvalue weighted by Crippen LogP contribution is 2.17. The number of hydrogen-bond donors (Lipinski definition) is 1. The summed E-state index contributed by atoms with van der Waals surface area (Å²) in [5, 5.41) is 9.39. The first kappa shape index (κ1) is 29.4. The summed E-state index contributed by atoms with van der Waals surface area (Å²) in [5.74, 6) is 0.198. The SMILES string of the molecule is C=C(C)[C@@H](CO)C/C=C(\C)CC/C=C(/C)CC/C=C(/C)CC/C=C(\C)CCC=C(C)C. The lowest BCUT2D eigenvalue weighted by molar-refractivity contribution is 0.247. The van der Waals surface area contributed by atoms with Gasteiger partial charge in [-0.2, -0.15) is 0 Å². The predicted octanol–water partition coefficient (Wildman–Crippen LogP) is 9.43. The fourth-order valence-electron chi connectivity index (χ4n) is 3.41. The summed E-state index contributed by atoms with van der Waals surface area (Å²) in [5.41, 5.74) is 8.40. The smallest absolute Gasteiger partial charge is 0.0499 e. The molecule has 0 aromatic rings. The van der Waals surface area contributed by atoms with Gasteiger partial charge in [-0.25, -0.2) is 0 Å². The Bertz CT molecular complexity index is 663. The van der Waals surface area contributed by atoms with Gasteiger partial charge >= 0.3 is 0 Å². The molecule has 0 aliphatic heterocycles. The zero-order valence-electron chi connectivity index (χ0n) is 21.7. The lowest BCUT2D eigenvalue weighted by atomic mass is 9.97. The minimum atomic E-state index is 0.192. The fraction of sp³-hybridized carbons (Fsp3) is 0.600. The molecule has 1 atom stereocenters. The van der Waals surface area contributed by atoms with Crippen LogP contribution in [0.5, 0.6) is 0 Å². The van der Waals surface area contributed by atoms with Gasteiger partial charge in [-0.05, 0) is 106 Å². The Labute approximate surface area is 194 Å². The van der Waals surface area contributed by atoms with E-state index in [2.05, 4.69) is 78.5 Å². The summed E-state index contributed by atoms with van der Waals surface area (Å²) in [6.07, 6.45) is 21.9. The van der Waals surface area contributed by atoms with Crippen LogP contribution in [0, 0.1) is 5.92 Å². The van der Waals surface area contributed by atoms with Gasteiger partial charge in [-0.15, -0.1) is 0 Å². The third-order valence-electron chi connectivity index (χ3n) is 5.85. The van der Waals surface area contributed by atoms with Crippen molar-refractivity contribution in [2.45, 2.75) is 106 Å². The summed E-state index contributed by atoms with van der Waals surface area (Å²) in [6.45, 7) is 19.5. The van der Waals surface area contributed by atoms with E-state index in [1.165, 1.54) is 40.7 Å². The molecule has 1 nitrogen and oxygen atoms in total. The Hall–Kier alpha value is -1.60. The molecule has 1 heteroatoms. The van der Waals surface area contributed by atoms with Crippen LogP contribution in [0.3, 0.4) is 0 Å². The number of rotatable bonds is 16. The molecular formula is C30H50O. The van der Waals surface area contributed by atoms with E-state index in [9.17, 15) is 5.11 Å². The minimum Gasteiger partial charge on any atom is -0.396 e. The van der Waals surface area contributed by atoms with E-state index < -0.39 is 0 Å². The van der Waals surface area contributed by atoms with Crippen molar-refractivity contribution in [3.8, 4) is 0 Å². The average Bonchev–Trinajstić information content (AvgIpc) is 2.67. The summed E-state index contributed by atoms with van der Waals surface area (Å²) in [4.78, 5) is 0. The second-order valence-electron chi connectivity index (χ2n) is 9.60. The maximum absolute atomic E-state index is 9.39. The van der Waals surface area contributed by atoms with Crippen molar-refractivity contribution < 1.29 is 5.11 Å². The first-order chi connectivity index (χ1) is 14.6. The highest BCUT2D eigenvalue weighted by atomic mass is 16.3. The topological polar surface area (TPSA) is 20.2 Å². The second-order valence-corrected chi connectivity index (χ2v) is 9.60. The van der Waals surface area contributed by atoms with Gasteiger partial charge in [0.25, 0.3) is 0 Å². The zero-order chi connectivity index (χ0) is 23.6. The fourth-order valence-corrected chi connectivity index (χ4v) is 3.41. The Morgan fingerprint density at radius 2 is 0.968 bits per heavy atom. The summed E-state index contributed by atoms with van der Waals surface area (Å²) in [6, 6.07) is 0. The van der Waals surface area contributed by atoms with Crippen molar-refractivity contribution in [2.24, 2.45) is 5.92 Å². The molecule has 0 saturated heterocycles. The van der Waals surface area contributed by atoms with Crippen molar-refractivity contribution in [2.75, 3.05) is 6.61 Å². The average molecular weight is 427 g/mol. The lowest BCUT2D eigenvalue weighted by Crippen LogP contribution is -2.05. The Morgan fingerprint density at radius 3 is 1.29 bits per heavy atom. The quantitative estimate of drug-likeness (QED) is 0.244. The van der Waals surface area contributed by atoms with E-state index >= 15 is 0 Å². The Kier molecular flexibility index (Phi) is 17.1. The molecule has 0 radical (unpaired) electrons. The van der Waals surface area contributed by atoms with Gasteiger partial charge in [0.2, 0.25) is 0 Å². The highest BCUT2D eigenvalue weighted by Gasteiger charge is 2.05. The van der Waals surface area contributed by atoms with Crippen molar-refractivity contribution in [1.82, 2.24) is 0 Å². The van der Waals surface area contributed by atoms with Crippen molar-refractivity contribution >= 4 is 0 Å². The van der Waals surface area contributed by atoms with Gasteiger partial charge in [0, 0.05) is 12.5 Å². The highest BCUT2D eigenvalue weighted by molar-refractivity contribution is 5.09. The van der Waals surface area contributed by atoms with Crippen LogP contribution in [0.2, 0.25) is 0 Å². The zero-order valence-corrected chi connectivity index (χ0v) is 21.7. The summed E-state index contributed by atoms with van der Waals surface area (Å²) in [7, 11) is 0. The van der Waals surface area contributed by atoms with Crippen LogP contribution in [0.25, 0.3) is 0 Å². The molecule has 0 aromatic heterocycles. The van der Waals surface area contributed by atoms with Crippen LogP contribution in [0.15, 0.2) is 70.4 Å². The molecule has 0 fully saturated rings. The normalized spacial score (nSPS) is 14.6. The van der Waals surface area contributed by atoms with Crippen LogP contribution < -0.4 is 0 Å². The van der Waals surface area contributed by atoms with Gasteiger partial charge in [0.05, 0.1) is 0 Å². The molecule has 0 heterocycles. The van der Waals surface area contributed by atoms with Crippen molar-refractivity contribution in [3.05, 3.63) is 70.4 Å². The van der Waals surface area contributed by atoms with Crippen molar-refractivity contribution in [1.29, 1.82) is 0 Å². The molecule has 0 bridgehead atoms. The monoisotopic (exact) mass is 426 g/mol. The van der Waals surface area contributed by atoms with Crippen LogP contribution in [-0.2, 0) is 0 Å². The molecular weight excluding hydrogens is 376 g/mol. The van der Waals surface area contributed by atoms with Crippen LogP contribution in [0.1, 0.15) is 106 Å². The molecule has 0 rings (SSSR count). The maximum Gasteiger partial charge on any atom is 0.0499 e. The third-order valence-corrected chi connectivity index (χ3v) is 5.85. The molecule has 0 spiro atoms. The first-order valence-electron chi connectivity index (χ1n) is 12.2. The maximum atomic E-state index is 9.39. The van der Waals surface area contributed by atoms with Gasteiger partial charge in [-0.3, -0.25) is 0 Å². The number of aliphatic hydroxyl groups is 1. The van der Waals surface area contributed by atoms with E-state index in [0.29, 0.717) is 0 Å². The third kappa shape index (κ3) is 17.7.